The quantitative estimate of drug-likeness (QED) is 0.767. The van der Waals surface area contributed by atoms with Crippen molar-refractivity contribution in [3.8, 4) is 0 Å². The van der Waals surface area contributed by atoms with E-state index in [2.05, 4.69) is 5.32 Å². The third kappa shape index (κ3) is 5.01. The van der Waals surface area contributed by atoms with Crippen LogP contribution in [0.3, 0.4) is 0 Å². The number of amides is 2. The van der Waals surface area contributed by atoms with E-state index in [9.17, 15) is 14.0 Å². The van der Waals surface area contributed by atoms with Gasteiger partial charge in [0.25, 0.3) is 5.91 Å². The summed E-state index contributed by atoms with van der Waals surface area (Å²) in [6, 6.07) is 5.52. The molecule has 1 saturated heterocycles. The first-order valence-electron chi connectivity index (χ1n) is 7.64. The van der Waals surface area contributed by atoms with E-state index in [1.54, 1.807) is 16.9 Å². The van der Waals surface area contributed by atoms with Gasteiger partial charge in [0.05, 0.1) is 13.2 Å². The Labute approximate surface area is 135 Å². The summed E-state index contributed by atoms with van der Waals surface area (Å²) in [5.74, 6) is -0.469. The van der Waals surface area contributed by atoms with E-state index in [0.29, 0.717) is 44.9 Å². The normalized spacial score (nSPS) is 14.9. The molecule has 1 aromatic rings. The molecule has 0 atom stereocenters. The van der Waals surface area contributed by atoms with Gasteiger partial charge in [0.15, 0.2) is 0 Å². The van der Waals surface area contributed by atoms with Crippen molar-refractivity contribution in [2.45, 2.75) is 0 Å². The number of ether oxygens (including phenoxy) is 1. The van der Waals surface area contributed by atoms with E-state index in [1.807, 2.05) is 0 Å². The minimum Gasteiger partial charge on any atom is -0.383 e. The maximum Gasteiger partial charge on any atom is 0.253 e. The smallest absolute Gasteiger partial charge is 0.253 e. The van der Waals surface area contributed by atoms with Gasteiger partial charge in [-0.3, -0.25) is 9.59 Å². The number of methoxy groups -OCH3 is 1. The fourth-order valence-electron chi connectivity index (χ4n) is 2.42. The number of nitrogens with one attached hydrogen (secondary N) is 1. The topological polar surface area (TPSA) is 61.9 Å². The van der Waals surface area contributed by atoms with Crippen LogP contribution in [0.1, 0.15) is 10.4 Å². The first-order valence-corrected chi connectivity index (χ1v) is 7.64. The van der Waals surface area contributed by atoms with Gasteiger partial charge >= 0.3 is 0 Å². The molecule has 1 aliphatic heterocycles. The van der Waals surface area contributed by atoms with E-state index in [4.69, 9.17) is 4.74 Å². The van der Waals surface area contributed by atoms with Gasteiger partial charge in [0.2, 0.25) is 5.91 Å². The van der Waals surface area contributed by atoms with Crippen LogP contribution in [-0.2, 0) is 9.53 Å². The molecule has 0 spiro atoms. The summed E-state index contributed by atoms with van der Waals surface area (Å²) in [5, 5.41) is 3.02. The Hall–Kier alpha value is -1.99. The van der Waals surface area contributed by atoms with Crippen molar-refractivity contribution < 1.29 is 18.7 Å². The van der Waals surface area contributed by atoms with Crippen LogP contribution in [0.15, 0.2) is 24.3 Å². The van der Waals surface area contributed by atoms with Crippen LogP contribution in [-0.4, -0.2) is 74.6 Å². The zero-order chi connectivity index (χ0) is 16.7. The number of benzene rings is 1. The number of hydrogen-bond donors (Lipinski definition) is 1. The summed E-state index contributed by atoms with van der Waals surface area (Å²) < 4.78 is 17.8. The fourth-order valence-corrected chi connectivity index (χ4v) is 2.42. The molecule has 7 heteroatoms. The van der Waals surface area contributed by atoms with Gasteiger partial charge < -0.3 is 19.9 Å². The van der Waals surface area contributed by atoms with Crippen molar-refractivity contribution >= 4 is 11.8 Å². The van der Waals surface area contributed by atoms with Crippen LogP contribution in [0.4, 0.5) is 4.39 Å². The molecule has 0 saturated carbocycles. The Morgan fingerprint density at radius 3 is 2.35 bits per heavy atom. The number of rotatable bonds is 6. The molecule has 23 heavy (non-hydrogen) atoms. The minimum atomic E-state index is -0.363. The average Bonchev–Trinajstić information content (AvgIpc) is 2.59. The summed E-state index contributed by atoms with van der Waals surface area (Å²) >= 11 is 0. The van der Waals surface area contributed by atoms with Crippen molar-refractivity contribution in [3.05, 3.63) is 35.6 Å². The van der Waals surface area contributed by atoms with Crippen molar-refractivity contribution in [2.75, 3.05) is 53.0 Å². The lowest BCUT2D eigenvalue weighted by Crippen LogP contribution is -2.52. The van der Waals surface area contributed by atoms with Crippen molar-refractivity contribution in [2.24, 2.45) is 0 Å². The first kappa shape index (κ1) is 17.4. The molecule has 0 bridgehead atoms. The number of carbonyl (C=O) groups excluding carboxylic acids is 2. The molecule has 0 aliphatic carbocycles. The third-order valence-corrected chi connectivity index (χ3v) is 3.77. The monoisotopic (exact) mass is 323 g/mol. The second kappa shape index (κ2) is 8.59. The molecule has 1 heterocycles. The molecular formula is C16H22FN3O3. The number of piperazine rings is 1. The largest absolute Gasteiger partial charge is 0.383 e. The molecule has 1 aliphatic rings. The predicted octanol–water partition coefficient (Wildman–Crippen LogP) is 0.346. The van der Waals surface area contributed by atoms with E-state index in [-0.39, 0.29) is 24.2 Å². The molecule has 0 unspecified atom stereocenters. The Balaban J connectivity index is 1.78. The molecule has 0 radical (unpaired) electrons. The van der Waals surface area contributed by atoms with Gasteiger partial charge in [-0.25, -0.2) is 4.39 Å². The van der Waals surface area contributed by atoms with Crippen LogP contribution in [0.25, 0.3) is 0 Å². The van der Waals surface area contributed by atoms with Crippen molar-refractivity contribution in [1.82, 2.24) is 15.1 Å². The van der Waals surface area contributed by atoms with E-state index >= 15 is 0 Å². The molecule has 0 aromatic heterocycles. The highest BCUT2D eigenvalue weighted by molar-refractivity contribution is 5.94. The molecule has 1 fully saturated rings. The molecule has 2 amide bonds. The summed E-state index contributed by atoms with van der Waals surface area (Å²) in [5.41, 5.74) is 0.465. The fraction of sp³-hybridized carbons (Fsp3) is 0.500. The number of hydrogen-bond acceptors (Lipinski definition) is 4. The van der Waals surface area contributed by atoms with Gasteiger partial charge in [-0.1, -0.05) is 0 Å². The van der Waals surface area contributed by atoms with E-state index < -0.39 is 0 Å². The highest BCUT2D eigenvalue weighted by atomic mass is 19.1. The Morgan fingerprint density at radius 2 is 1.74 bits per heavy atom. The van der Waals surface area contributed by atoms with Gasteiger partial charge in [0.1, 0.15) is 5.82 Å². The lowest BCUT2D eigenvalue weighted by molar-refractivity contribution is -0.131. The summed E-state index contributed by atoms with van der Waals surface area (Å²) in [7, 11) is 1.61. The zero-order valence-corrected chi connectivity index (χ0v) is 13.3. The molecule has 1 aromatic carbocycles. The minimum absolute atomic E-state index is 0.0231. The summed E-state index contributed by atoms with van der Waals surface area (Å²) in [6.45, 7) is 3.46. The number of carbonyl (C=O) groups is 2. The Morgan fingerprint density at radius 1 is 1.13 bits per heavy atom. The van der Waals surface area contributed by atoms with E-state index in [1.165, 1.54) is 24.3 Å². The molecular weight excluding hydrogens is 301 g/mol. The van der Waals surface area contributed by atoms with Crippen LogP contribution >= 0.6 is 0 Å². The Bertz CT molecular complexity index is 528. The van der Waals surface area contributed by atoms with Crippen LogP contribution in [0.2, 0.25) is 0 Å². The summed E-state index contributed by atoms with van der Waals surface area (Å²) in [6.07, 6.45) is 0. The lowest BCUT2D eigenvalue weighted by Gasteiger charge is -2.35. The predicted molar refractivity (Wildman–Crippen MR) is 83.6 cm³/mol. The number of halogens is 1. The SMILES string of the molecule is COCCNCC(=O)N1CCN(C(=O)c2ccc(F)cc2)CC1. The van der Waals surface area contributed by atoms with Gasteiger partial charge in [-0.15, -0.1) is 0 Å². The standard InChI is InChI=1S/C16H22FN3O3/c1-23-11-6-18-12-15(21)19-7-9-20(10-8-19)16(22)13-2-4-14(17)5-3-13/h2-5,18H,6-12H2,1H3. The molecule has 2 rings (SSSR count). The molecule has 1 N–H and O–H groups in total. The first-order chi connectivity index (χ1) is 11.1. The molecule has 6 nitrogen and oxygen atoms in total. The van der Waals surface area contributed by atoms with Gasteiger partial charge in [-0.2, -0.15) is 0 Å². The second-order valence-corrected chi connectivity index (χ2v) is 5.35. The van der Waals surface area contributed by atoms with Gasteiger partial charge in [-0.05, 0) is 24.3 Å². The van der Waals surface area contributed by atoms with Crippen LogP contribution in [0.5, 0.6) is 0 Å². The molecule has 126 valence electrons. The van der Waals surface area contributed by atoms with Crippen LogP contribution in [0, 0.1) is 5.82 Å². The lowest BCUT2D eigenvalue weighted by atomic mass is 10.2. The Kier molecular flexibility index (Phi) is 6.49. The van der Waals surface area contributed by atoms with Crippen molar-refractivity contribution in [1.29, 1.82) is 0 Å². The second-order valence-electron chi connectivity index (χ2n) is 5.35. The maximum absolute atomic E-state index is 12.9. The van der Waals surface area contributed by atoms with Gasteiger partial charge in [0, 0.05) is 45.4 Å². The highest BCUT2D eigenvalue weighted by Gasteiger charge is 2.24. The zero-order valence-electron chi connectivity index (χ0n) is 13.3. The number of nitrogens with zero attached hydrogens (tertiary/aromatic N) is 2. The average molecular weight is 323 g/mol. The maximum atomic E-state index is 12.9. The third-order valence-electron chi connectivity index (χ3n) is 3.77. The highest BCUT2D eigenvalue weighted by Crippen LogP contribution is 2.10. The van der Waals surface area contributed by atoms with Crippen LogP contribution < -0.4 is 5.32 Å². The summed E-state index contributed by atoms with van der Waals surface area (Å²) in [4.78, 5) is 27.8. The van der Waals surface area contributed by atoms with Crippen molar-refractivity contribution in [3.63, 3.8) is 0 Å². The van der Waals surface area contributed by atoms with E-state index in [0.717, 1.165) is 0 Å².